The van der Waals surface area contributed by atoms with Gasteiger partial charge in [-0.15, -0.1) is 0 Å². The van der Waals surface area contributed by atoms with Gasteiger partial charge in [0.2, 0.25) is 18.4 Å². The topological polar surface area (TPSA) is 117 Å². The van der Waals surface area contributed by atoms with E-state index in [4.69, 9.17) is 15.6 Å². The van der Waals surface area contributed by atoms with Crippen LogP contribution in [0.3, 0.4) is 0 Å². The predicted octanol–water partition coefficient (Wildman–Crippen LogP) is -0.558. The number of aromatic amines is 1. The summed E-state index contributed by atoms with van der Waals surface area (Å²) in [6, 6.07) is 0.994. The number of carbonyl (C=O) groups is 2. The van der Waals surface area contributed by atoms with Gasteiger partial charge in [-0.3, -0.25) is 23.9 Å². The first kappa shape index (κ1) is 14.1. The molecule has 118 valence electrons. The molecule has 3 atom stereocenters. The molecule has 1 fully saturated rings. The highest BCUT2D eigenvalue weighted by molar-refractivity contribution is 5.67. The van der Waals surface area contributed by atoms with Crippen molar-refractivity contribution < 1.29 is 25.2 Å². The molecule has 0 saturated carbocycles. The Morgan fingerprint density at radius 2 is 2.00 bits per heavy atom. The van der Waals surface area contributed by atoms with Gasteiger partial charge in [0.15, 0.2) is 0 Å². The van der Waals surface area contributed by atoms with E-state index in [2.05, 4.69) is 6.58 Å². The molecule has 22 heavy (non-hydrogen) atoms. The van der Waals surface area contributed by atoms with Gasteiger partial charge in [-0.05, 0) is 0 Å². The van der Waals surface area contributed by atoms with Crippen LogP contribution >= 0.6 is 0 Å². The lowest BCUT2D eigenvalue weighted by Gasteiger charge is -2.21. The minimum Gasteiger partial charge on any atom is -0.467 e. The fraction of sp³-hybridized carbons (Fsp3) is 0.385. The van der Waals surface area contributed by atoms with Crippen molar-refractivity contribution in [3.8, 4) is 0 Å². The van der Waals surface area contributed by atoms with Crippen LogP contribution in [-0.2, 0) is 23.8 Å². The fourth-order valence-electron chi connectivity index (χ4n) is 1.92. The number of aromatic nitrogens is 2. The number of rotatable bonds is 3. The monoisotopic (exact) mass is 311 g/mol. The van der Waals surface area contributed by atoms with Gasteiger partial charge in [-0.1, -0.05) is 6.58 Å². The number of nitrogens with one attached hydrogen (secondary N) is 1. The maximum Gasteiger partial charge on any atom is 0.331 e. The second-order valence-electron chi connectivity index (χ2n) is 4.45. The van der Waals surface area contributed by atoms with E-state index in [0.717, 1.165) is 26.1 Å². The smallest absolute Gasteiger partial charge is 0.331 e. The van der Waals surface area contributed by atoms with E-state index >= 15 is 0 Å². The Bertz CT molecular complexity index is 783. The van der Waals surface area contributed by atoms with E-state index in [0.29, 0.717) is 4.57 Å². The Hall–Kier alpha value is -2.84. The summed E-state index contributed by atoms with van der Waals surface area (Å²) in [6.45, 7) is 5.72. The van der Waals surface area contributed by atoms with Gasteiger partial charge in [-0.25, -0.2) is 4.79 Å². The van der Waals surface area contributed by atoms with Gasteiger partial charge in [0.25, 0.3) is 5.56 Å². The predicted molar refractivity (Wildman–Crippen MR) is 71.7 cm³/mol. The molecule has 1 saturated heterocycles. The molecule has 2 rings (SSSR count). The van der Waals surface area contributed by atoms with E-state index in [9.17, 15) is 19.2 Å². The molecule has 9 nitrogen and oxygen atoms in total. The minimum absolute atomic E-state index is 0.167. The van der Waals surface area contributed by atoms with E-state index in [1.807, 2.05) is 4.98 Å². The Kier molecular flexibility index (Phi) is 3.77. The van der Waals surface area contributed by atoms with Gasteiger partial charge < -0.3 is 14.2 Å². The van der Waals surface area contributed by atoms with Crippen LogP contribution in [0.25, 0.3) is 0 Å². The Morgan fingerprint density at radius 3 is 2.55 bits per heavy atom. The van der Waals surface area contributed by atoms with Crippen molar-refractivity contribution in [2.75, 3.05) is 0 Å². The fourth-order valence-corrected chi connectivity index (χ4v) is 1.92. The number of hydrogen-bond donors (Lipinski definition) is 1. The van der Waals surface area contributed by atoms with E-state index < -0.39 is 41.6 Å². The van der Waals surface area contributed by atoms with Crippen molar-refractivity contribution in [3.05, 3.63) is 45.4 Å². The first-order valence-corrected chi connectivity index (χ1v) is 6.20. The van der Waals surface area contributed by atoms with Gasteiger partial charge in [0.1, 0.15) is 7.13 Å². The van der Waals surface area contributed by atoms with Crippen LogP contribution < -0.4 is 11.2 Å². The normalized spacial score (nSPS) is 27.7. The van der Waals surface area contributed by atoms with Crippen LogP contribution in [0.4, 0.5) is 0 Å². The van der Waals surface area contributed by atoms with Crippen molar-refractivity contribution in [2.24, 2.45) is 0 Å². The molecule has 0 spiro atoms. The molecule has 0 unspecified atom stereocenters. The quantitative estimate of drug-likeness (QED) is 0.744. The molecule has 1 aromatic rings. The lowest BCUT2D eigenvalue weighted by atomic mass is 10.2. The molecule has 0 amide bonds. The Morgan fingerprint density at radius 1 is 1.36 bits per heavy atom. The molecule has 2 heterocycles. The molecule has 9 heteroatoms. The van der Waals surface area contributed by atoms with Crippen LogP contribution in [0.2, 0.25) is 0 Å². The maximum absolute atomic E-state index is 11.9. The van der Waals surface area contributed by atoms with Crippen molar-refractivity contribution in [3.63, 3.8) is 0 Å². The summed E-state index contributed by atoms with van der Waals surface area (Å²) < 4.78 is 24.3. The third kappa shape index (κ3) is 3.08. The largest absolute Gasteiger partial charge is 0.467 e. The zero-order valence-corrected chi connectivity index (χ0v) is 11.8. The molecule has 1 N–H and O–H groups in total. The van der Waals surface area contributed by atoms with Crippen LogP contribution in [0.1, 0.15) is 21.4 Å². The average molecular weight is 311 g/mol. The summed E-state index contributed by atoms with van der Waals surface area (Å²) >= 11 is 0. The molecule has 0 aliphatic carbocycles. The molecule has 1 aliphatic heterocycles. The number of hydrogen-bond acceptors (Lipinski definition) is 7. The Labute approximate surface area is 125 Å². The third-order valence-electron chi connectivity index (χ3n) is 2.72. The van der Waals surface area contributed by atoms with Gasteiger partial charge in [0, 0.05) is 26.1 Å². The summed E-state index contributed by atoms with van der Waals surface area (Å²) in [6.07, 6.45) is -4.04. The summed E-state index contributed by atoms with van der Waals surface area (Å²) in [5.74, 6) is -1.66. The number of esters is 2. The van der Waals surface area contributed by atoms with E-state index in [-0.39, 0.29) is 5.76 Å². The van der Waals surface area contributed by atoms with Crippen LogP contribution in [-0.4, -0.2) is 33.7 Å². The minimum atomic E-state index is -2.29. The summed E-state index contributed by atoms with van der Waals surface area (Å²) in [5, 5.41) is 0. The van der Waals surface area contributed by atoms with Crippen molar-refractivity contribution in [1.29, 1.82) is 0 Å². The first-order chi connectivity index (χ1) is 10.6. The molecule has 0 radical (unpaired) electrons. The number of H-pyrrole nitrogens is 1. The van der Waals surface area contributed by atoms with Gasteiger partial charge in [0.05, 0.1) is 0 Å². The highest BCUT2D eigenvalue weighted by atomic mass is 16.6. The van der Waals surface area contributed by atoms with Gasteiger partial charge >= 0.3 is 17.6 Å². The number of carbonyl (C=O) groups excluding carboxylic acids is 2. The second-order valence-corrected chi connectivity index (χ2v) is 4.45. The SMILES string of the molecule is [2H][C@@]1(n2ccc(=O)[nH]c2=O)OC(=C)[C@@H](OC(C)=O)[C@H]1OC(C)=O. The van der Waals surface area contributed by atoms with E-state index in [1.54, 1.807) is 0 Å². The second kappa shape index (κ2) is 5.88. The maximum atomic E-state index is 11.9. The van der Waals surface area contributed by atoms with E-state index in [1.165, 1.54) is 0 Å². The zero-order valence-electron chi connectivity index (χ0n) is 12.8. The molecule has 0 aromatic carbocycles. The first-order valence-electron chi connectivity index (χ1n) is 6.70. The highest BCUT2D eigenvalue weighted by Gasteiger charge is 2.47. The van der Waals surface area contributed by atoms with Crippen molar-refractivity contribution >= 4 is 11.9 Å². The highest BCUT2D eigenvalue weighted by Crippen LogP contribution is 2.34. The van der Waals surface area contributed by atoms with Crippen LogP contribution in [0.5, 0.6) is 0 Å². The Balaban J connectivity index is 2.55. The third-order valence-corrected chi connectivity index (χ3v) is 2.72. The van der Waals surface area contributed by atoms with Crippen molar-refractivity contribution in [1.82, 2.24) is 9.55 Å². The van der Waals surface area contributed by atoms with Crippen LogP contribution in [0, 0.1) is 0 Å². The molecule has 0 bridgehead atoms. The average Bonchev–Trinajstić information content (AvgIpc) is 2.62. The standard InChI is InChI=1S/C13H14N2O7/c1-6-10(21-7(2)16)11(22-8(3)17)12(20-6)15-5-4-9(18)14-13(15)19/h4-5,10-12H,1H2,2-3H3,(H,14,18,19)/t10-,11-,12-/m1/s1/i12D. The summed E-state index contributed by atoms with van der Waals surface area (Å²) in [7, 11) is 0. The van der Waals surface area contributed by atoms with Crippen LogP contribution in [0.15, 0.2) is 34.2 Å². The van der Waals surface area contributed by atoms with Gasteiger partial charge in [-0.2, -0.15) is 0 Å². The summed E-state index contributed by atoms with van der Waals surface area (Å²) in [4.78, 5) is 47.6. The molecule has 1 aromatic heterocycles. The molecular formula is C13H14N2O7. The number of nitrogens with zero attached hydrogens (tertiary/aromatic N) is 1. The number of ether oxygens (including phenoxy) is 3. The molecular weight excluding hydrogens is 296 g/mol. The van der Waals surface area contributed by atoms with Crippen molar-refractivity contribution in [2.45, 2.75) is 32.3 Å². The molecule has 1 aliphatic rings. The summed E-state index contributed by atoms with van der Waals surface area (Å²) in [5.41, 5.74) is -1.63. The zero-order chi connectivity index (χ0) is 17.4. The lowest BCUT2D eigenvalue weighted by Crippen LogP contribution is -2.40. The lowest BCUT2D eigenvalue weighted by molar-refractivity contribution is -0.164.